The molecule has 0 aromatic carbocycles. The van der Waals surface area contributed by atoms with Crippen LogP contribution in [0, 0.1) is 0 Å². The van der Waals surface area contributed by atoms with Crippen molar-refractivity contribution in [2.45, 2.75) is 25.8 Å². The summed E-state index contributed by atoms with van der Waals surface area (Å²) in [4.78, 5) is 18.6. The second-order valence-corrected chi connectivity index (χ2v) is 4.40. The molecule has 0 amide bonds. The quantitative estimate of drug-likeness (QED) is 0.824. The normalized spacial score (nSPS) is 14.8. The summed E-state index contributed by atoms with van der Waals surface area (Å²) in [6.45, 7) is 2.92. The number of anilines is 1. The van der Waals surface area contributed by atoms with Crippen molar-refractivity contribution in [3.05, 3.63) is 17.9 Å². The minimum absolute atomic E-state index is 0.171. The molecule has 8 heteroatoms. The van der Waals surface area contributed by atoms with E-state index < -0.39 is 0 Å². The summed E-state index contributed by atoms with van der Waals surface area (Å²) < 4.78 is 1.47. The van der Waals surface area contributed by atoms with Gasteiger partial charge in [-0.3, -0.25) is 0 Å². The van der Waals surface area contributed by atoms with Gasteiger partial charge in [0.2, 0.25) is 11.2 Å². The van der Waals surface area contributed by atoms with Crippen LogP contribution in [0.2, 0.25) is 5.28 Å². The molecule has 2 aromatic rings. The van der Waals surface area contributed by atoms with E-state index in [1.54, 1.807) is 0 Å². The van der Waals surface area contributed by atoms with Crippen LogP contribution in [-0.4, -0.2) is 42.3 Å². The maximum atomic E-state index is 5.94. The van der Waals surface area contributed by atoms with Gasteiger partial charge in [-0.15, -0.1) is 0 Å². The van der Waals surface area contributed by atoms with Gasteiger partial charge in [0, 0.05) is 12.6 Å². The SMILES string of the molecule is CCN(c1nc(Cl)nc(-n2cncn2)n1)C1CC1. The van der Waals surface area contributed by atoms with Crippen molar-refractivity contribution in [1.29, 1.82) is 0 Å². The van der Waals surface area contributed by atoms with Gasteiger partial charge < -0.3 is 4.90 Å². The molecule has 1 aliphatic rings. The smallest absolute Gasteiger partial charge is 0.258 e. The second-order valence-electron chi connectivity index (χ2n) is 4.06. The van der Waals surface area contributed by atoms with E-state index in [-0.39, 0.29) is 5.28 Å². The Balaban J connectivity index is 1.99. The lowest BCUT2D eigenvalue weighted by atomic mass is 10.5. The van der Waals surface area contributed by atoms with E-state index in [0.717, 1.165) is 6.54 Å². The standard InChI is InChI=1S/C10H12ClN7/c1-2-17(7-3-4-7)9-14-8(11)15-10(16-9)18-6-12-5-13-18/h5-7H,2-4H2,1H3. The van der Waals surface area contributed by atoms with Crippen LogP contribution in [0.4, 0.5) is 5.95 Å². The Morgan fingerprint density at radius 1 is 1.39 bits per heavy atom. The van der Waals surface area contributed by atoms with Gasteiger partial charge >= 0.3 is 0 Å². The van der Waals surface area contributed by atoms with Crippen molar-refractivity contribution >= 4 is 17.5 Å². The zero-order valence-electron chi connectivity index (χ0n) is 9.86. The predicted octanol–water partition coefficient (Wildman–Crippen LogP) is 1.09. The highest BCUT2D eigenvalue weighted by molar-refractivity contribution is 6.28. The van der Waals surface area contributed by atoms with Crippen LogP contribution in [0.15, 0.2) is 12.7 Å². The summed E-state index contributed by atoms with van der Waals surface area (Å²) >= 11 is 5.94. The molecule has 0 radical (unpaired) electrons. The third kappa shape index (κ3) is 2.13. The summed E-state index contributed by atoms with van der Waals surface area (Å²) in [6.07, 6.45) is 5.31. The van der Waals surface area contributed by atoms with Gasteiger partial charge in [-0.1, -0.05) is 0 Å². The number of hydrogen-bond donors (Lipinski definition) is 0. The molecule has 0 bridgehead atoms. The number of hydrogen-bond acceptors (Lipinski definition) is 6. The molecule has 3 rings (SSSR count). The molecule has 0 aliphatic heterocycles. The van der Waals surface area contributed by atoms with Gasteiger partial charge in [-0.05, 0) is 31.4 Å². The summed E-state index contributed by atoms with van der Waals surface area (Å²) in [6, 6.07) is 0.525. The number of nitrogens with zero attached hydrogens (tertiary/aromatic N) is 7. The Labute approximate surface area is 109 Å². The van der Waals surface area contributed by atoms with Crippen molar-refractivity contribution in [3.63, 3.8) is 0 Å². The van der Waals surface area contributed by atoms with Crippen molar-refractivity contribution in [2.24, 2.45) is 0 Å². The first-order chi connectivity index (χ1) is 8.78. The molecule has 0 saturated heterocycles. The highest BCUT2D eigenvalue weighted by Gasteiger charge is 2.30. The van der Waals surface area contributed by atoms with E-state index in [1.807, 2.05) is 0 Å². The minimum Gasteiger partial charge on any atom is -0.338 e. The Morgan fingerprint density at radius 2 is 2.22 bits per heavy atom. The van der Waals surface area contributed by atoms with E-state index in [9.17, 15) is 0 Å². The molecule has 7 nitrogen and oxygen atoms in total. The van der Waals surface area contributed by atoms with E-state index in [4.69, 9.17) is 11.6 Å². The molecule has 2 heterocycles. The summed E-state index contributed by atoms with van der Waals surface area (Å²) in [7, 11) is 0. The maximum Gasteiger partial charge on any atom is 0.258 e. The lowest BCUT2D eigenvalue weighted by Crippen LogP contribution is -2.28. The summed E-state index contributed by atoms with van der Waals surface area (Å²) in [5.41, 5.74) is 0. The Hall–Kier alpha value is -1.76. The predicted molar refractivity (Wildman–Crippen MR) is 65.8 cm³/mol. The van der Waals surface area contributed by atoms with Crippen LogP contribution in [0.25, 0.3) is 5.95 Å². The number of rotatable bonds is 4. The van der Waals surface area contributed by atoms with Crippen LogP contribution >= 0.6 is 11.6 Å². The van der Waals surface area contributed by atoms with Gasteiger partial charge in [0.1, 0.15) is 12.7 Å². The largest absolute Gasteiger partial charge is 0.338 e. The fourth-order valence-corrected chi connectivity index (χ4v) is 1.97. The molecule has 0 spiro atoms. The molecule has 1 aliphatic carbocycles. The first kappa shape index (κ1) is 11.3. The molecular formula is C10H12ClN7. The molecule has 1 saturated carbocycles. The molecule has 0 unspecified atom stereocenters. The minimum atomic E-state index is 0.171. The van der Waals surface area contributed by atoms with Gasteiger partial charge in [0.05, 0.1) is 0 Å². The Morgan fingerprint density at radius 3 is 2.83 bits per heavy atom. The van der Waals surface area contributed by atoms with Crippen LogP contribution < -0.4 is 4.90 Å². The van der Waals surface area contributed by atoms with Gasteiger partial charge in [-0.2, -0.15) is 24.7 Å². The van der Waals surface area contributed by atoms with Crippen LogP contribution in [0.5, 0.6) is 0 Å². The molecule has 0 N–H and O–H groups in total. The Bertz CT molecular complexity index is 537. The summed E-state index contributed by atoms with van der Waals surface area (Å²) in [5, 5.41) is 4.16. The van der Waals surface area contributed by atoms with Crippen molar-refractivity contribution in [1.82, 2.24) is 29.7 Å². The molecule has 18 heavy (non-hydrogen) atoms. The molecular weight excluding hydrogens is 254 g/mol. The van der Waals surface area contributed by atoms with E-state index >= 15 is 0 Å². The Kier molecular flexibility index (Phi) is 2.83. The van der Waals surface area contributed by atoms with Crippen molar-refractivity contribution < 1.29 is 0 Å². The van der Waals surface area contributed by atoms with Crippen molar-refractivity contribution in [2.75, 3.05) is 11.4 Å². The fourth-order valence-electron chi connectivity index (χ4n) is 1.82. The van der Waals surface area contributed by atoms with Crippen LogP contribution in [0.3, 0.4) is 0 Å². The topological polar surface area (TPSA) is 72.6 Å². The highest BCUT2D eigenvalue weighted by Crippen LogP contribution is 2.29. The third-order valence-electron chi connectivity index (χ3n) is 2.79. The number of aromatic nitrogens is 6. The van der Waals surface area contributed by atoms with E-state index in [0.29, 0.717) is 17.9 Å². The maximum absolute atomic E-state index is 5.94. The average molecular weight is 266 g/mol. The first-order valence-corrected chi connectivity index (χ1v) is 6.19. The molecule has 94 valence electrons. The first-order valence-electron chi connectivity index (χ1n) is 5.81. The lowest BCUT2D eigenvalue weighted by molar-refractivity contribution is 0.745. The zero-order valence-corrected chi connectivity index (χ0v) is 10.6. The molecule has 0 atom stereocenters. The van der Waals surface area contributed by atoms with E-state index in [1.165, 1.54) is 30.2 Å². The second kappa shape index (κ2) is 4.49. The van der Waals surface area contributed by atoms with Gasteiger partial charge in [-0.25, -0.2) is 4.98 Å². The third-order valence-corrected chi connectivity index (χ3v) is 2.96. The van der Waals surface area contributed by atoms with Gasteiger partial charge in [0.15, 0.2) is 0 Å². The zero-order chi connectivity index (χ0) is 12.5. The van der Waals surface area contributed by atoms with Crippen LogP contribution in [-0.2, 0) is 0 Å². The summed E-state index contributed by atoms with van der Waals surface area (Å²) in [5.74, 6) is 0.993. The van der Waals surface area contributed by atoms with Crippen LogP contribution in [0.1, 0.15) is 19.8 Å². The number of halogens is 1. The van der Waals surface area contributed by atoms with Crippen molar-refractivity contribution in [3.8, 4) is 5.95 Å². The molecule has 2 aromatic heterocycles. The van der Waals surface area contributed by atoms with E-state index in [2.05, 4.69) is 36.9 Å². The lowest BCUT2D eigenvalue weighted by Gasteiger charge is -2.20. The average Bonchev–Trinajstić information content (AvgIpc) is 3.04. The van der Waals surface area contributed by atoms with Gasteiger partial charge in [0.25, 0.3) is 5.95 Å². The fraction of sp³-hybridized carbons (Fsp3) is 0.500. The highest BCUT2D eigenvalue weighted by atomic mass is 35.5. The molecule has 1 fully saturated rings. The monoisotopic (exact) mass is 265 g/mol.